The summed E-state index contributed by atoms with van der Waals surface area (Å²) < 4.78 is 10.9. The quantitative estimate of drug-likeness (QED) is 0.372. The maximum atomic E-state index is 14.0. The number of thiazole rings is 1. The van der Waals surface area contributed by atoms with E-state index < -0.39 is 6.04 Å². The number of imidazole rings is 1. The van der Waals surface area contributed by atoms with Crippen LogP contribution in [-0.4, -0.2) is 44.7 Å². The molecule has 39 heavy (non-hydrogen) atoms. The van der Waals surface area contributed by atoms with Crippen LogP contribution in [0.5, 0.6) is 5.75 Å². The van der Waals surface area contributed by atoms with Crippen LogP contribution in [0.2, 0.25) is 0 Å². The van der Waals surface area contributed by atoms with E-state index in [1.807, 2.05) is 69.3 Å². The largest absolute Gasteiger partial charge is 0.496 e. The number of carbonyl (C=O) groups excluding carboxylic acids is 1. The van der Waals surface area contributed by atoms with Crippen molar-refractivity contribution < 1.29 is 9.53 Å². The molecule has 5 rings (SSSR count). The van der Waals surface area contributed by atoms with Crippen molar-refractivity contribution in [2.75, 3.05) is 20.2 Å². The summed E-state index contributed by atoms with van der Waals surface area (Å²) in [4.78, 5) is 47.2. The zero-order valence-electron chi connectivity index (χ0n) is 22.9. The number of amides is 1. The number of aromatic nitrogens is 3. The van der Waals surface area contributed by atoms with Crippen LogP contribution in [0.1, 0.15) is 37.9 Å². The maximum Gasteiger partial charge on any atom is 0.328 e. The molecule has 0 spiro atoms. The third-order valence-electron chi connectivity index (χ3n) is 7.33. The van der Waals surface area contributed by atoms with Crippen LogP contribution in [-0.2, 0) is 18.9 Å². The number of allylic oxidation sites excluding steroid dienone is 1. The first-order valence-corrected chi connectivity index (χ1v) is 13.6. The summed E-state index contributed by atoms with van der Waals surface area (Å²) in [6.07, 6.45) is 1.81. The fraction of sp³-hybridized carbons (Fsp3) is 0.310. The molecule has 0 fully saturated rings. The predicted molar refractivity (Wildman–Crippen MR) is 153 cm³/mol. The Balaban J connectivity index is 1.75. The lowest BCUT2D eigenvalue weighted by molar-refractivity contribution is -0.127. The standard InChI is InChI=1S/C29H31N5O4S/c1-7-33(8-2)27(36)24-17(3)30-28-34(25(24)19-11-9-10-12-22(19)38-6)26(35)23(39-28)16-18-13-14-20-21(15-18)32(5)29(37)31(20)4/h9-16,25H,7-8H2,1-6H3/b23-16+/t25-/m1/s1. The highest BCUT2D eigenvalue weighted by Gasteiger charge is 2.35. The van der Waals surface area contributed by atoms with Gasteiger partial charge in [0.1, 0.15) is 11.8 Å². The van der Waals surface area contributed by atoms with Crippen molar-refractivity contribution in [3.8, 4) is 5.75 Å². The molecule has 0 saturated heterocycles. The number of fused-ring (bicyclic) bond motifs is 2. The molecule has 3 heterocycles. The first kappa shape index (κ1) is 26.4. The highest BCUT2D eigenvalue weighted by atomic mass is 32.1. The van der Waals surface area contributed by atoms with Gasteiger partial charge in [-0.3, -0.25) is 23.3 Å². The van der Waals surface area contributed by atoms with Gasteiger partial charge in [0.15, 0.2) is 4.80 Å². The Hall–Kier alpha value is -4.18. The number of likely N-dealkylation sites (N-methyl/N-ethyl adjacent to an activating group) is 1. The Morgan fingerprint density at radius 2 is 1.77 bits per heavy atom. The van der Waals surface area contributed by atoms with Gasteiger partial charge in [-0.25, -0.2) is 9.79 Å². The molecule has 0 saturated carbocycles. The number of para-hydroxylation sites is 1. The number of ether oxygens (including phenoxy) is 1. The topological polar surface area (TPSA) is 90.8 Å². The average molecular weight is 546 g/mol. The summed E-state index contributed by atoms with van der Waals surface area (Å²) in [5, 5.41) is 0. The van der Waals surface area contributed by atoms with E-state index in [1.54, 1.807) is 39.8 Å². The highest BCUT2D eigenvalue weighted by Crippen LogP contribution is 2.36. The second-order valence-electron chi connectivity index (χ2n) is 9.45. The second kappa shape index (κ2) is 10.2. The van der Waals surface area contributed by atoms with Crippen LogP contribution in [0.15, 0.2) is 68.3 Å². The van der Waals surface area contributed by atoms with E-state index in [0.717, 1.165) is 22.2 Å². The predicted octanol–water partition coefficient (Wildman–Crippen LogP) is 2.30. The van der Waals surface area contributed by atoms with Gasteiger partial charge in [-0.05, 0) is 50.6 Å². The SMILES string of the molecule is CCN(CC)C(=O)C1=C(C)N=c2s/c(=C/c3ccc4c(c3)n(C)c(=O)n4C)c(=O)n2[C@@H]1c1ccccc1OC. The molecule has 4 aromatic rings. The number of methoxy groups -OCH3 is 1. The van der Waals surface area contributed by atoms with Crippen LogP contribution < -0.4 is 25.3 Å². The van der Waals surface area contributed by atoms with Gasteiger partial charge in [0, 0.05) is 32.7 Å². The molecule has 202 valence electrons. The molecule has 1 atom stereocenters. The number of benzene rings is 2. The lowest BCUT2D eigenvalue weighted by atomic mass is 9.94. The van der Waals surface area contributed by atoms with E-state index in [4.69, 9.17) is 9.73 Å². The number of hydrogen-bond donors (Lipinski definition) is 0. The number of carbonyl (C=O) groups is 1. The van der Waals surface area contributed by atoms with Gasteiger partial charge < -0.3 is 9.64 Å². The van der Waals surface area contributed by atoms with Crippen molar-refractivity contribution in [3.63, 3.8) is 0 Å². The number of aryl methyl sites for hydroxylation is 2. The third-order valence-corrected chi connectivity index (χ3v) is 8.31. The van der Waals surface area contributed by atoms with E-state index >= 15 is 0 Å². The summed E-state index contributed by atoms with van der Waals surface area (Å²) in [6, 6.07) is 12.4. The Kier molecular flexibility index (Phi) is 6.90. The van der Waals surface area contributed by atoms with Crippen LogP contribution in [0.4, 0.5) is 0 Å². The summed E-state index contributed by atoms with van der Waals surface area (Å²) >= 11 is 1.28. The van der Waals surface area contributed by atoms with Crippen LogP contribution in [0.25, 0.3) is 17.1 Å². The van der Waals surface area contributed by atoms with Gasteiger partial charge in [0.05, 0.1) is 33.9 Å². The molecular weight excluding hydrogens is 514 g/mol. The zero-order valence-corrected chi connectivity index (χ0v) is 23.7. The molecule has 2 aromatic heterocycles. The molecule has 0 bridgehead atoms. The Labute approximate surface area is 229 Å². The molecular formula is C29H31N5O4S. The molecule has 0 N–H and O–H groups in total. The smallest absolute Gasteiger partial charge is 0.328 e. The Morgan fingerprint density at radius 1 is 1.08 bits per heavy atom. The molecule has 0 radical (unpaired) electrons. The fourth-order valence-corrected chi connectivity index (χ4v) is 6.27. The van der Waals surface area contributed by atoms with E-state index in [9.17, 15) is 14.4 Å². The normalized spacial score (nSPS) is 15.4. The first-order valence-electron chi connectivity index (χ1n) is 12.8. The van der Waals surface area contributed by atoms with Crippen molar-refractivity contribution in [2.45, 2.75) is 26.8 Å². The van der Waals surface area contributed by atoms with E-state index in [0.29, 0.717) is 39.4 Å². The average Bonchev–Trinajstić information content (AvgIpc) is 3.35. The molecule has 0 unspecified atom stereocenters. The second-order valence-corrected chi connectivity index (χ2v) is 10.5. The molecule has 0 aliphatic carbocycles. The number of hydrogen-bond acceptors (Lipinski definition) is 6. The lowest BCUT2D eigenvalue weighted by Crippen LogP contribution is -2.43. The van der Waals surface area contributed by atoms with Crippen LogP contribution >= 0.6 is 11.3 Å². The zero-order chi connectivity index (χ0) is 28.0. The van der Waals surface area contributed by atoms with Crippen LogP contribution in [0.3, 0.4) is 0 Å². The van der Waals surface area contributed by atoms with Gasteiger partial charge in [0.2, 0.25) is 0 Å². The minimum atomic E-state index is -0.690. The molecule has 2 aromatic carbocycles. The molecule has 1 aliphatic heterocycles. The third kappa shape index (κ3) is 4.24. The van der Waals surface area contributed by atoms with Gasteiger partial charge in [0.25, 0.3) is 11.5 Å². The van der Waals surface area contributed by atoms with Gasteiger partial charge in [-0.2, -0.15) is 0 Å². The minimum absolute atomic E-state index is 0.112. The van der Waals surface area contributed by atoms with Crippen molar-refractivity contribution in [2.24, 2.45) is 19.1 Å². The van der Waals surface area contributed by atoms with Gasteiger partial charge in [-0.1, -0.05) is 35.6 Å². The highest BCUT2D eigenvalue weighted by molar-refractivity contribution is 7.07. The summed E-state index contributed by atoms with van der Waals surface area (Å²) in [5.74, 6) is 0.439. The van der Waals surface area contributed by atoms with E-state index in [1.165, 1.54) is 11.3 Å². The van der Waals surface area contributed by atoms with Crippen molar-refractivity contribution in [1.82, 2.24) is 18.6 Å². The Bertz CT molecular complexity index is 1880. The molecule has 1 aliphatic rings. The summed E-state index contributed by atoms with van der Waals surface area (Å²) in [6.45, 7) is 6.77. The fourth-order valence-electron chi connectivity index (χ4n) is 5.23. The monoisotopic (exact) mass is 545 g/mol. The van der Waals surface area contributed by atoms with Crippen LogP contribution in [0, 0.1) is 0 Å². The Morgan fingerprint density at radius 3 is 2.46 bits per heavy atom. The first-order chi connectivity index (χ1) is 18.7. The summed E-state index contributed by atoms with van der Waals surface area (Å²) in [5.41, 5.74) is 3.79. The van der Waals surface area contributed by atoms with Crippen molar-refractivity contribution >= 4 is 34.4 Å². The van der Waals surface area contributed by atoms with Gasteiger partial charge in [-0.15, -0.1) is 0 Å². The molecule has 1 amide bonds. The van der Waals surface area contributed by atoms with Crippen molar-refractivity contribution in [1.29, 1.82) is 0 Å². The molecule has 10 heteroatoms. The summed E-state index contributed by atoms with van der Waals surface area (Å²) in [7, 11) is 5.05. The lowest BCUT2D eigenvalue weighted by Gasteiger charge is -2.29. The van der Waals surface area contributed by atoms with E-state index in [-0.39, 0.29) is 17.2 Å². The minimum Gasteiger partial charge on any atom is -0.496 e. The van der Waals surface area contributed by atoms with Crippen molar-refractivity contribution in [3.05, 3.63) is 95.0 Å². The van der Waals surface area contributed by atoms with E-state index in [2.05, 4.69) is 0 Å². The molecule has 9 nitrogen and oxygen atoms in total. The number of nitrogens with zero attached hydrogens (tertiary/aromatic N) is 5. The van der Waals surface area contributed by atoms with Gasteiger partial charge >= 0.3 is 5.69 Å². The number of rotatable bonds is 6. The maximum absolute atomic E-state index is 14.0.